The molecule has 3 N–H and O–H groups in total. The predicted octanol–water partition coefficient (Wildman–Crippen LogP) is 2.71. The van der Waals surface area contributed by atoms with Gasteiger partial charge in [0.2, 0.25) is 15.9 Å². The Morgan fingerprint density at radius 1 is 1.00 bits per heavy atom. The molecule has 0 saturated carbocycles. The van der Waals surface area contributed by atoms with Gasteiger partial charge in [0.15, 0.2) is 0 Å². The number of fused-ring (bicyclic) bond motifs is 1. The molecule has 4 rings (SSSR count). The minimum atomic E-state index is -3.59. The third-order valence-corrected chi connectivity index (χ3v) is 7.19. The standard InChI is InChI=1S/C22H24N4O4S/c27-21(15-24-22(28)17-7-8-20-16(13-17)9-10-23-20)25-18-5-4-6-19(14-18)31(29,30)26-11-2-1-3-12-26/h4-10,13-14,23H,1-3,11-12,15H2,(H,24,28)(H,25,27). The van der Waals surface area contributed by atoms with E-state index in [0.29, 0.717) is 24.3 Å². The predicted molar refractivity (Wildman–Crippen MR) is 118 cm³/mol. The zero-order chi connectivity index (χ0) is 21.8. The molecule has 1 fully saturated rings. The topological polar surface area (TPSA) is 111 Å². The van der Waals surface area contributed by atoms with E-state index >= 15 is 0 Å². The number of nitrogens with zero attached hydrogens (tertiary/aromatic N) is 1. The molecule has 1 aliphatic rings. The first-order valence-corrected chi connectivity index (χ1v) is 11.6. The lowest BCUT2D eigenvalue weighted by Crippen LogP contribution is -2.35. The number of sulfonamides is 1. The molecule has 0 aliphatic carbocycles. The van der Waals surface area contributed by atoms with Gasteiger partial charge in [0.1, 0.15) is 0 Å². The molecule has 2 amide bonds. The van der Waals surface area contributed by atoms with Crippen molar-refractivity contribution in [2.24, 2.45) is 0 Å². The van der Waals surface area contributed by atoms with Crippen LogP contribution in [-0.2, 0) is 14.8 Å². The number of hydrogen-bond donors (Lipinski definition) is 3. The molecule has 0 atom stereocenters. The SMILES string of the molecule is O=C(CNC(=O)c1ccc2[nH]ccc2c1)Nc1cccc(S(=O)(=O)N2CCCCC2)c1. The molecule has 0 unspecified atom stereocenters. The Morgan fingerprint density at radius 2 is 1.81 bits per heavy atom. The highest BCUT2D eigenvalue weighted by atomic mass is 32.2. The average Bonchev–Trinajstić information content (AvgIpc) is 3.26. The van der Waals surface area contributed by atoms with Gasteiger partial charge < -0.3 is 15.6 Å². The first kappa shape index (κ1) is 21.1. The number of amides is 2. The summed E-state index contributed by atoms with van der Waals surface area (Å²) in [6, 6.07) is 13.3. The van der Waals surface area contributed by atoms with E-state index in [1.165, 1.54) is 16.4 Å². The van der Waals surface area contributed by atoms with Crippen molar-refractivity contribution >= 4 is 38.4 Å². The average molecular weight is 441 g/mol. The summed E-state index contributed by atoms with van der Waals surface area (Å²) in [5, 5.41) is 6.14. The maximum atomic E-state index is 12.8. The Kier molecular flexibility index (Phi) is 6.06. The van der Waals surface area contributed by atoms with Gasteiger partial charge >= 0.3 is 0 Å². The minimum Gasteiger partial charge on any atom is -0.361 e. The lowest BCUT2D eigenvalue weighted by molar-refractivity contribution is -0.115. The Morgan fingerprint density at radius 3 is 2.61 bits per heavy atom. The highest BCUT2D eigenvalue weighted by Gasteiger charge is 2.26. The Hall–Kier alpha value is -3.17. The summed E-state index contributed by atoms with van der Waals surface area (Å²) in [6.07, 6.45) is 4.53. The minimum absolute atomic E-state index is 0.149. The number of anilines is 1. The summed E-state index contributed by atoms with van der Waals surface area (Å²) < 4.78 is 27.1. The number of rotatable bonds is 6. The molecular weight excluding hydrogens is 416 g/mol. The van der Waals surface area contributed by atoms with Crippen LogP contribution >= 0.6 is 0 Å². The second-order valence-electron chi connectivity index (χ2n) is 7.50. The molecule has 8 nitrogen and oxygen atoms in total. The molecule has 0 bridgehead atoms. The van der Waals surface area contributed by atoms with Crippen molar-refractivity contribution in [3.63, 3.8) is 0 Å². The van der Waals surface area contributed by atoms with E-state index in [4.69, 9.17) is 0 Å². The number of aromatic amines is 1. The smallest absolute Gasteiger partial charge is 0.251 e. The number of H-pyrrole nitrogens is 1. The molecular formula is C22H24N4O4S. The molecule has 31 heavy (non-hydrogen) atoms. The molecule has 3 aromatic rings. The van der Waals surface area contributed by atoms with Gasteiger partial charge in [-0.3, -0.25) is 9.59 Å². The van der Waals surface area contributed by atoms with Crippen LogP contribution in [0.15, 0.2) is 59.6 Å². The van der Waals surface area contributed by atoms with E-state index in [1.54, 1.807) is 36.5 Å². The molecule has 0 radical (unpaired) electrons. The number of piperidine rings is 1. The van der Waals surface area contributed by atoms with Crippen LogP contribution in [0.4, 0.5) is 5.69 Å². The van der Waals surface area contributed by atoms with E-state index in [2.05, 4.69) is 15.6 Å². The summed E-state index contributed by atoms with van der Waals surface area (Å²) in [6.45, 7) is 0.798. The van der Waals surface area contributed by atoms with Crippen molar-refractivity contribution in [2.75, 3.05) is 25.0 Å². The van der Waals surface area contributed by atoms with Gasteiger partial charge in [0.05, 0.1) is 11.4 Å². The van der Waals surface area contributed by atoms with E-state index < -0.39 is 15.9 Å². The molecule has 1 saturated heterocycles. The lowest BCUT2D eigenvalue weighted by Gasteiger charge is -2.26. The van der Waals surface area contributed by atoms with Crippen LogP contribution in [0.1, 0.15) is 29.6 Å². The van der Waals surface area contributed by atoms with Crippen LogP contribution < -0.4 is 10.6 Å². The molecule has 1 aliphatic heterocycles. The largest absolute Gasteiger partial charge is 0.361 e. The van der Waals surface area contributed by atoms with Crippen LogP contribution in [0.2, 0.25) is 0 Å². The quantitative estimate of drug-likeness (QED) is 0.547. The van der Waals surface area contributed by atoms with Gasteiger partial charge in [0.25, 0.3) is 5.91 Å². The summed E-state index contributed by atoms with van der Waals surface area (Å²) >= 11 is 0. The summed E-state index contributed by atoms with van der Waals surface area (Å²) in [5.74, 6) is -0.803. The summed E-state index contributed by atoms with van der Waals surface area (Å²) in [4.78, 5) is 27.8. The number of benzene rings is 2. The fraction of sp³-hybridized carbons (Fsp3) is 0.273. The van der Waals surface area contributed by atoms with Crippen LogP contribution in [0.5, 0.6) is 0 Å². The monoisotopic (exact) mass is 440 g/mol. The van der Waals surface area contributed by atoms with Gasteiger partial charge in [-0.2, -0.15) is 4.31 Å². The maximum absolute atomic E-state index is 12.8. The van der Waals surface area contributed by atoms with Crippen molar-refractivity contribution in [1.82, 2.24) is 14.6 Å². The highest BCUT2D eigenvalue weighted by Crippen LogP contribution is 2.23. The molecule has 2 heterocycles. The lowest BCUT2D eigenvalue weighted by atomic mass is 10.1. The van der Waals surface area contributed by atoms with Gasteiger partial charge in [-0.1, -0.05) is 12.5 Å². The summed E-state index contributed by atoms with van der Waals surface area (Å²) in [5.41, 5.74) is 1.74. The van der Waals surface area contributed by atoms with Gasteiger partial charge in [-0.05, 0) is 55.3 Å². The fourth-order valence-electron chi connectivity index (χ4n) is 3.65. The van der Waals surface area contributed by atoms with E-state index in [1.807, 2.05) is 6.07 Å². The Bertz CT molecular complexity index is 1210. The molecule has 0 spiro atoms. The van der Waals surface area contributed by atoms with Crippen molar-refractivity contribution < 1.29 is 18.0 Å². The van der Waals surface area contributed by atoms with Crippen molar-refractivity contribution in [3.05, 3.63) is 60.3 Å². The van der Waals surface area contributed by atoms with E-state index in [-0.39, 0.29) is 17.3 Å². The Labute approximate surface area is 180 Å². The number of hydrogen-bond acceptors (Lipinski definition) is 4. The van der Waals surface area contributed by atoms with Crippen LogP contribution in [0, 0.1) is 0 Å². The summed E-state index contributed by atoms with van der Waals surface area (Å²) in [7, 11) is -3.59. The van der Waals surface area contributed by atoms with E-state index in [0.717, 1.165) is 30.2 Å². The third-order valence-electron chi connectivity index (χ3n) is 5.30. The number of carbonyl (C=O) groups excluding carboxylic acids is 2. The van der Waals surface area contributed by atoms with Crippen LogP contribution in [0.3, 0.4) is 0 Å². The molecule has 162 valence electrons. The zero-order valence-corrected chi connectivity index (χ0v) is 17.7. The third kappa shape index (κ3) is 4.78. The maximum Gasteiger partial charge on any atom is 0.251 e. The second-order valence-corrected chi connectivity index (χ2v) is 9.44. The van der Waals surface area contributed by atoms with Crippen molar-refractivity contribution in [3.8, 4) is 0 Å². The molecule has 1 aromatic heterocycles. The van der Waals surface area contributed by atoms with Crippen molar-refractivity contribution in [2.45, 2.75) is 24.2 Å². The number of nitrogens with one attached hydrogen (secondary N) is 3. The first-order valence-electron chi connectivity index (χ1n) is 10.2. The number of aromatic nitrogens is 1. The van der Waals surface area contributed by atoms with Crippen LogP contribution in [-0.4, -0.2) is 49.2 Å². The van der Waals surface area contributed by atoms with Gasteiger partial charge in [-0.15, -0.1) is 0 Å². The fourth-order valence-corrected chi connectivity index (χ4v) is 5.21. The Balaban J connectivity index is 1.37. The first-order chi connectivity index (χ1) is 14.9. The van der Waals surface area contributed by atoms with Gasteiger partial charge in [0, 0.05) is 41.4 Å². The second kappa shape index (κ2) is 8.91. The molecule has 9 heteroatoms. The van der Waals surface area contributed by atoms with Gasteiger partial charge in [-0.25, -0.2) is 8.42 Å². The molecule has 2 aromatic carbocycles. The zero-order valence-electron chi connectivity index (χ0n) is 16.9. The van der Waals surface area contributed by atoms with Crippen molar-refractivity contribution in [1.29, 1.82) is 0 Å². The highest BCUT2D eigenvalue weighted by molar-refractivity contribution is 7.89. The van der Waals surface area contributed by atoms with Crippen LogP contribution in [0.25, 0.3) is 10.9 Å². The number of carbonyl (C=O) groups is 2. The normalized spacial score (nSPS) is 15.0. The van der Waals surface area contributed by atoms with E-state index in [9.17, 15) is 18.0 Å².